The van der Waals surface area contributed by atoms with Crippen LogP contribution in [0.15, 0.2) is 51.8 Å². The lowest BCUT2D eigenvalue weighted by atomic mass is 10.2. The molecule has 0 radical (unpaired) electrons. The smallest absolute Gasteiger partial charge is 0.267 e. The minimum atomic E-state index is -3.60. The minimum Gasteiger partial charge on any atom is -0.267 e. The van der Waals surface area contributed by atoms with Gasteiger partial charge in [0.2, 0.25) is 10.0 Å². The van der Waals surface area contributed by atoms with Crippen molar-refractivity contribution in [2.75, 3.05) is 13.1 Å². The Bertz CT molecular complexity index is 811. The van der Waals surface area contributed by atoms with Crippen LogP contribution in [0.25, 0.3) is 0 Å². The molecule has 2 rings (SSSR count). The van der Waals surface area contributed by atoms with Crippen molar-refractivity contribution < 1.29 is 13.2 Å². The van der Waals surface area contributed by atoms with Crippen molar-refractivity contribution in [3.05, 3.63) is 52.2 Å². The van der Waals surface area contributed by atoms with E-state index in [1.54, 1.807) is 32.2 Å². The molecule has 0 fully saturated rings. The van der Waals surface area contributed by atoms with Gasteiger partial charge in [0.05, 0.1) is 11.1 Å². The zero-order chi connectivity index (χ0) is 17.6. The van der Waals surface area contributed by atoms with Crippen LogP contribution < -0.4 is 5.43 Å². The van der Waals surface area contributed by atoms with Gasteiger partial charge in [-0.25, -0.2) is 13.8 Å². The van der Waals surface area contributed by atoms with E-state index in [-0.39, 0.29) is 10.5 Å². The Morgan fingerprint density at radius 1 is 1.25 bits per heavy atom. The van der Waals surface area contributed by atoms with E-state index in [4.69, 9.17) is 0 Å². The summed E-state index contributed by atoms with van der Waals surface area (Å²) >= 11 is 1.50. The van der Waals surface area contributed by atoms with E-state index in [0.29, 0.717) is 13.1 Å². The predicted octanol–water partition coefficient (Wildman–Crippen LogP) is 2.54. The molecule has 0 saturated heterocycles. The number of benzene rings is 1. The first kappa shape index (κ1) is 18.3. The number of sulfonamides is 1. The van der Waals surface area contributed by atoms with Crippen molar-refractivity contribution in [1.82, 2.24) is 9.73 Å². The molecule has 0 atom stereocenters. The third-order valence-electron chi connectivity index (χ3n) is 3.34. The highest BCUT2D eigenvalue weighted by Gasteiger charge is 2.22. The lowest BCUT2D eigenvalue weighted by Gasteiger charge is -2.18. The largest absolute Gasteiger partial charge is 0.271 e. The molecule has 0 aliphatic carbocycles. The molecule has 24 heavy (non-hydrogen) atoms. The van der Waals surface area contributed by atoms with Gasteiger partial charge >= 0.3 is 0 Å². The summed E-state index contributed by atoms with van der Waals surface area (Å²) in [5, 5.41) is 5.78. The van der Waals surface area contributed by atoms with Crippen LogP contribution in [-0.2, 0) is 10.0 Å². The number of thiophene rings is 1. The summed E-state index contributed by atoms with van der Waals surface area (Å²) in [6.45, 7) is 4.30. The summed E-state index contributed by atoms with van der Waals surface area (Å²) in [4.78, 5) is 13.1. The van der Waals surface area contributed by atoms with Gasteiger partial charge in [-0.05, 0) is 29.6 Å². The van der Waals surface area contributed by atoms with E-state index in [0.717, 1.165) is 4.88 Å². The molecular weight excluding hydrogens is 346 g/mol. The van der Waals surface area contributed by atoms with Crippen LogP contribution in [0.4, 0.5) is 0 Å². The second-order valence-electron chi connectivity index (χ2n) is 4.83. The molecule has 8 heteroatoms. The number of nitrogens with zero attached hydrogens (tertiary/aromatic N) is 2. The minimum absolute atomic E-state index is 0.0982. The van der Waals surface area contributed by atoms with Gasteiger partial charge < -0.3 is 0 Å². The van der Waals surface area contributed by atoms with Crippen molar-refractivity contribution in [3.63, 3.8) is 0 Å². The fraction of sp³-hybridized carbons (Fsp3) is 0.250. The topological polar surface area (TPSA) is 78.8 Å². The lowest BCUT2D eigenvalue weighted by molar-refractivity contribution is 0.0955. The van der Waals surface area contributed by atoms with E-state index in [1.807, 2.05) is 17.5 Å². The summed E-state index contributed by atoms with van der Waals surface area (Å²) in [6, 6.07) is 9.71. The first-order chi connectivity index (χ1) is 11.5. The first-order valence-electron chi connectivity index (χ1n) is 7.46. The van der Waals surface area contributed by atoms with Gasteiger partial charge in [0, 0.05) is 23.5 Å². The molecule has 0 bridgehead atoms. The maximum absolute atomic E-state index is 12.5. The van der Waals surface area contributed by atoms with Crippen molar-refractivity contribution in [2.24, 2.45) is 5.10 Å². The molecular formula is C16H19N3O3S2. The van der Waals surface area contributed by atoms with Gasteiger partial charge in [0.25, 0.3) is 5.91 Å². The van der Waals surface area contributed by atoms with Gasteiger partial charge in [0.15, 0.2) is 0 Å². The molecule has 1 N–H and O–H groups in total. The van der Waals surface area contributed by atoms with E-state index >= 15 is 0 Å². The summed E-state index contributed by atoms with van der Waals surface area (Å²) in [5.41, 5.74) is 2.64. The zero-order valence-electron chi connectivity index (χ0n) is 13.5. The Kier molecular flexibility index (Phi) is 6.24. The number of hydrogen-bond donors (Lipinski definition) is 1. The van der Waals surface area contributed by atoms with E-state index < -0.39 is 15.9 Å². The van der Waals surface area contributed by atoms with Crippen LogP contribution in [0.5, 0.6) is 0 Å². The Morgan fingerprint density at radius 3 is 2.62 bits per heavy atom. The quantitative estimate of drug-likeness (QED) is 0.605. The lowest BCUT2D eigenvalue weighted by Crippen LogP contribution is -2.30. The van der Waals surface area contributed by atoms with Crippen molar-refractivity contribution >= 4 is 33.5 Å². The molecule has 2 aromatic rings. The second kappa shape index (κ2) is 8.18. The van der Waals surface area contributed by atoms with Gasteiger partial charge in [0.1, 0.15) is 0 Å². The molecule has 0 aliphatic heterocycles. The number of carbonyl (C=O) groups excluding carboxylic acids is 1. The standard InChI is InChI=1S/C16H19N3O3S2/c1-3-19(4-2)24(21,22)15-9-5-7-13(11-15)16(20)18-17-12-14-8-6-10-23-14/h5-12H,3-4H2,1-2H3,(H,18,20)/b17-12+. The van der Waals surface area contributed by atoms with Crippen LogP contribution >= 0.6 is 11.3 Å². The van der Waals surface area contributed by atoms with Crippen LogP contribution in [0, 0.1) is 0 Å². The maximum Gasteiger partial charge on any atom is 0.271 e. The summed E-state index contributed by atoms with van der Waals surface area (Å²) < 4.78 is 26.4. The number of hydrogen-bond acceptors (Lipinski definition) is 5. The summed E-state index contributed by atoms with van der Waals surface area (Å²) in [5.74, 6) is -0.459. The molecule has 1 aromatic carbocycles. The SMILES string of the molecule is CCN(CC)S(=O)(=O)c1cccc(C(=O)N/N=C/c2cccs2)c1. The maximum atomic E-state index is 12.5. The Balaban J connectivity index is 2.16. The van der Waals surface area contributed by atoms with Crippen molar-refractivity contribution in [1.29, 1.82) is 0 Å². The van der Waals surface area contributed by atoms with E-state index in [2.05, 4.69) is 10.5 Å². The van der Waals surface area contributed by atoms with Gasteiger partial charge in [-0.2, -0.15) is 9.41 Å². The number of amides is 1. The Morgan fingerprint density at radius 2 is 2.00 bits per heavy atom. The molecule has 6 nitrogen and oxygen atoms in total. The van der Waals surface area contributed by atoms with Crippen molar-refractivity contribution in [2.45, 2.75) is 18.7 Å². The molecule has 1 heterocycles. The number of rotatable bonds is 7. The fourth-order valence-electron chi connectivity index (χ4n) is 2.09. The number of carbonyl (C=O) groups is 1. The normalized spacial score (nSPS) is 12.0. The monoisotopic (exact) mass is 365 g/mol. The van der Waals surface area contributed by atoms with Crippen molar-refractivity contribution in [3.8, 4) is 0 Å². The molecule has 0 unspecified atom stereocenters. The predicted molar refractivity (Wildman–Crippen MR) is 95.9 cm³/mol. The summed E-state index contributed by atoms with van der Waals surface area (Å²) in [6.07, 6.45) is 1.54. The van der Waals surface area contributed by atoms with Gasteiger partial charge in [-0.15, -0.1) is 11.3 Å². The van der Waals surface area contributed by atoms with Gasteiger partial charge in [-0.1, -0.05) is 26.0 Å². The van der Waals surface area contributed by atoms with Crippen LogP contribution in [-0.4, -0.2) is 37.9 Å². The molecule has 128 valence electrons. The highest BCUT2D eigenvalue weighted by Crippen LogP contribution is 2.17. The average molecular weight is 365 g/mol. The van der Waals surface area contributed by atoms with E-state index in [9.17, 15) is 13.2 Å². The molecule has 1 amide bonds. The summed E-state index contributed by atoms with van der Waals surface area (Å²) in [7, 11) is -3.60. The van der Waals surface area contributed by atoms with E-state index in [1.165, 1.54) is 27.8 Å². The van der Waals surface area contributed by atoms with Crippen LogP contribution in [0.3, 0.4) is 0 Å². The molecule has 0 spiro atoms. The molecule has 1 aromatic heterocycles. The van der Waals surface area contributed by atoms with Gasteiger partial charge in [-0.3, -0.25) is 4.79 Å². The first-order valence-corrected chi connectivity index (χ1v) is 9.78. The number of nitrogens with one attached hydrogen (secondary N) is 1. The molecule has 0 saturated carbocycles. The van der Waals surface area contributed by atoms with Crippen LogP contribution in [0.1, 0.15) is 29.1 Å². The molecule has 0 aliphatic rings. The average Bonchev–Trinajstić information content (AvgIpc) is 3.09. The Hall–Kier alpha value is -2.03. The Labute approximate surface area is 145 Å². The second-order valence-corrected chi connectivity index (χ2v) is 7.75. The van der Waals surface area contributed by atoms with Crippen LogP contribution in [0.2, 0.25) is 0 Å². The third-order valence-corrected chi connectivity index (χ3v) is 6.19. The highest BCUT2D eigenvalue weighted by molar-refractivity contribution is 7.89. The third kappa shape index (κ3) is 4.28. The highest BCUT2D eigenvalue weighted by atomic mass is 32.2. The zero-order valence-corrected chi connectivity index (χ0v) is 15.1. The fourth-order valence-corrected chi connectivity index (χ4v) is 4.18. The number of hydrazone groups is 1.